The molecule has 1 aromatic heterocycles. The van der Waals surface area contributed by atoms with Crippen LogP contribution in [0.5, 0.6) is 11.5 Å². The Labute approximate surface area is 207 Å². The number of nitrogens with zero attached hydrogens (tertiary/aromatic N) is 2. The van der Waals surface area contributed by atoms with Crippen LogP contribution in [0, 0.1) is 11.2 Å². The van der Waals surface area contributed by atoms with Crippen molar-refractivity contribution < 1.29 is 36.6 Å². The first-order valence-corrected chi connectivity index (χ1v) is 10.6. The third-order valence-corrected chi connectivity index (χ3v) is 5.28. The van der Waals surface area contributed by atoms with E-state index in [0.717, 1.165) is 6.07 Å². The molecule has 2 aromatic rings. The van der Waals surface area contributed by atoms with Gasteiger partial charge in [-0.3, -0.25) is 19.9 Å². The van der Waals surface area contributed by atoms with E-state index < -0.39 is 46.4 Å². The molecular weight excluding hydrogens is 510 g/mol. The number of hydrogen-bond acceptors (Lipinski definition) is 7. The Bertz CT molecular complexity index is 1280. The predicted molar refractivity (Wildman–Crippen MR) is 123 cm³/mol. The van der Waals surface area contributed by atoms with Crippen LogP contribution in [0.1, 0.15) is 24.2 Å². The zero-order valence-electron chi connectivity index (χ0n) is 19.1. The molecule has 0 saturated carbocycles. The number of fused-ring (bicyclic) bond motifs is 1. The Morgan fingerprint density at radius 1 is 1.36 bits per heavy atom. The summed E-state index contributed by atoms with van der Waals surface area (Å²) in [7, 11) is 1.43. The lowest BCUT2D eigenvalue weighted by Crippen LogP contribution is -2.36. The van der Waals surface area contributed by atoms with Gasteiger partial charge in [0.1, 0.15) is 16.7 Å². The third-order valence-electron chi connectivity index (χ3n) is 5.09. The highest BCUT2D eigenvalue weighted by atomic mass is 35.5. The lowest BCUT2D eigenvalue weighted by Gasteiger charge is -2.25. The second-order valence-corrected chi connectivity index (χ2v) is 8.09. The van der Waals surface area contributed by atoms with Crippen molar-refractivity contribution in [1.29, 1.82) is 5.41 Å². The minimum Gasteiger partial charge on any atom is -0.480 e. The van der Waals surface area contributed by atoms with E-state index in [1.165, 1.54) is 31.0 Å². The topological polar surface area (TPSA) is 131 Å². The van der Waals surface area contributed by atoms with Gasteiger partial charge in [0.2, 0.25) is 0 Å². The maximum Gasteiger partial charge on any atom is 0.425 e. The first kappa shape index (κ1) is 26.7. The molecular formula is C22H20ClF4N5O4. The van der Waals surface area contributed by atoms with Gasteiger partial charge in [-0.1, -0.05) is 11.6 Å². The molecule has 1 atom stereocenters. The molecule has 14 heteroatoms. The van der Waals surface area contributed by atoms with E-state index in [-0.39, 0.29) is 40.8 Å². The number of nitrogens with two attached hydrogens (primary N) is 1. The van der Waals surface area contributed by atoms with Crippen LogP contribution in [0.3, 0.4) is 0 Å². The molecule has 0 aliphatic carbocycles. The van der Waals surface area contributed by atoms with Crippen molar-refractivity contribution >= 4 is 34.4 Å². The van der Waals surface area contributed by atoms with Crippen molar-refractivity contribution in [3.63, 3.8) is 0 Å². The van der Waals surface area contributed by atoms with Crippen molar-refractivity contribution in [3.05, 3.63) is 47.0 Å². The average Bonchev–Trinajstić information content (AvgIpc) is 2.79. The summed E-state index contributed by atoms with van der Waals surface area (Å²) < 4.78 is 65.1. The molecule has 0 bridgehead atoms. The van der Waals surface area contributed by atoms with E-state index in [1.54, 1.807) is 0 Å². The van der Waals surface area contributed by atoms with E-state index in [2.05, 4.69) is 10.3 Å². The van der Waals surface area contributed by atoms with Gasteiger partial charge in [0.05, 0.1) is 17.0 Å². The number of benzene rings is 1. The monoisotopic (exact) mass is 529 g/mol. The number of ether oxygens (including phenoxy) is 2. The van der Waals surface area contributed by atoms with Crippen LogP contribution in [-0.2, 0) is 4.79 Å². The Morgan fingerprint density at radius 3 is 2.61 bits per heavy atom. The number of halogens is 5. The van der Waals surface area contributed by atoms with E-state index >= 15 is 4.39 Å². The Kier molecular flexibility index (Phi) is 7.43. The number of anilines is 1. The summed E-state index contributed by atoms with van der Waals surface area (Å²) in [5, 5.41) is 9.02. The molecule has 1 aromatic carbocycles. The molecule has 1 aliphatic heterocycles. The first-order valence-electron chi connectivity index (χ1n) is 10.2. The lowest BCUT2D eigenvalue weighted by atomic mass is 10.0. The molecule has 2 heterocycles. The zero-order chi connectivity index (χ0) is 26.9. The molecule has 2 amide bonds. The highest BCUT2D eigenvalue weighted by molar-refractivity contribution is 6.68. The van der Waals surface area contributed by atoms with E-state index in [4.69, 9.17) is 32.2 Å². The average molecular weight is 530 g/mol. The van der Waals surface area contributed by atoms with Crippen molar-refractivity contribution in [2.45, 2.75) is 26.1 Å². The second-order valence-electron chi connectivity index (χ2n) is 7.72. The Balaban J connectivity index is 2.13. The van der Waals surface area contributed by atoms with Crippen LogP contribution in [0.2, 0.25) is 0 Å². The molecule has 1 aliphatic rings. The fourth-order valence-electron chi connectivity index (χ4n) is 3.08. The van der Waals surface area contributed by atoms with E-state index in [0.29, 0.717) is 13.0 Å². The summed E-state index contributed by atoms with van der Waals surface area (Å²) >= 11 is 5.60. The highest BCUT2D eigenvalue weighted by Gasteiger charge is 2.39. The summed E-state index contributed by atoms with van der Waals surface area (Å²) in [6.45, 7) is 1.82. The fourth-order valence-corrected chi connectivity index (χ4v) is 3.28. The minimum atomic E-state index is -4.80. The summed E-state index contributed by atoms with van der Waals surface area (Å²) in [5.74, 6) is -2.85. The number of amides is 2. The van der Waals surface area contributed by atoms with Gasteiger partial charge in [-0.15, -0.1) is 0 Å². The maximum atomic E-state index is 15.2. The SMILES string of the molecule is CC(N)=C(NC(=O)c1cc(F)c(-c2ccc3c(n2)N(C)C(=O)CO3)cc1O[C@@H](C)C(F)(F)F)C(=N)Cl. The zero-order valence-corrected chi connectivity index (χ0v) is 19.8. The number of nitrogens with one attached hydrogen (secondary N) is 2. The van der Waals surface area contributed by atoms with Crippen LogP contribution in [0.25, 0.3) is 11.3 Å². The van der Waals surface area contributed by atoms with Gasteiger partial charge in [-0.05, 0) is 38.1 Å². The van der Waals surface area contributed by atoms with Crippen molar-refractivity contribution in [3.8, 4) is 22.8 Å². The number of carbonyl (C=O) groups is 2. The van der Waals surface area contributed by atoms with Crippen LogP contribution >= 0.6 is 11.6 Å². The maximum absolute atomic E-state index is 15.2. The number of hydrogen-bond donors (Lipinski definition) is 3. The van der Waals surface area contributed by atoms with E-state index in [1.807, 2.05) is 0 Å². The van der Waals surface area contributed by atoms with Gasteiger partial charge in [0.15, 0.2) is 24.3 Å². The number of aromatic nitrogens is 1. The molecule has 192 valence electrons. The molecule has 9 nitrogen and oxygen atoms in total. The number of pyridine rings is 1. The van der Waals surface area contributed by atoms with Crippen molar-refractivity contribution in [1.82, 2.24) is 10.3 Å². The molecule has 0 radical (unpaired) electrons. The summed E-state index contributed by atoms with van der Waals surface area (Å²) in [4.78, 5) is 30.1. The molecule has 0 saturated heterocycles. The molecule has 0 fully saturated rings. The second kappa shape index (κ2) is 10.0. The van der Waals surface area contributed by atoms with Crippen molar-refractivity contribution in [2.75, 3.05) is 18.6 Å². The van der Waals surface area contributed by atoms with Crippen LogP contribution in [0.4, 0.5) is 23.4 Å². The largest absolute Gasteiger partial charge is 0.480 e. The van der Waals surface area contributed by atoms with Crippen LogP contribution < -0.4 is 25.4 Å². The minimum absolute atomic E-state index is 0.0613. The molecule has 4 N–H and O–H groups in total. The number of carbonyl (C=O) groups excluding carboxylic acids is 2. The molecule has 3 rings (SSSR count). The quantitative estimate of drug-likeness (QED) is 0.386. The third kappa shape index (κ3) is 5.51. The molecule has 0 unspecified atom stereocenters. The predicted octanol–water partition coefficient (Wildman–Crippen LogP) is 3.71. The van der Waals surface area contributed by atoms with Crippen molar-refractivity contribution in [2.24, 2.45) is 5.73 Å². The molecule has 36 heavy (non-hydrogen) atoms. The smallest absolute Gasteiger partial charge is 0.425 e. The number of rotatable bonds is 6. The van der Waals surface area contributed by atoms with E-state index in [9.17, 15) is 22.8 Å². The van der Waals surface area contributed by atoms with Gasteiger partial charge in [-0.2, -0.15) is 13.2 Å². The first-order chi connectivity index (χ1) is 16.7. The number of alkyl halides is 3. The summed E-state index contributed by atoms with van der Waals surface area (Å²) in [6, 6.07) is 4.31. The standard InChI is InChI=1S/C22H20ClF4N5O4/c1-9(28)18(19(23)29)31-21(34)12-6-13(24)11(7-16(12)36-10(2)22(25,26)27)14-4-5-15-20(30-14)32(3)17(33)8-35-15/h4-7,10,29H,8,28H2,1-3H3,(H,31,34)/t10-/m0/s1. The van der Waals surface area contributed by atoms with Gasteiger partial charge in [0, 0.05) is 18.3 Å². The highest BCUT2D eigenvalue weighted by Crippen LogP contribution is 2.36. The fraction of sp³-hybridized carbons (Fsp3) is 0.273. The summed E-state index contributed by atoms with van der Waals surface area (Å²) in [6.07, 6.45) is -7.17. The molecule has 0 spiro atoms. The normalized spacial score (nSPS) is 14.9. The number of allylic oxidation sites excluding steroid dienone is 2. The van der Waals surface area contributed by atoms with Gasteiger partial charge < -0.3 is 20.5 Å². The van der Waals surface area contributed by atoms with Gasteiger partial charge in [0.25, 0.3) is 11.8 Å². The number of likely N-dealkylation sites (N-methyl/N-ethyl adjacent to an activating group) is 1. The van der Waals surface area contributed by atoms with Gasteiger partial charge >= 0.3 is 6.18 Å². The Morgan fingerprint density at radius 2 is 2.03 bits per heavy atom. The lowest BCUT2D eigenvalue weighted by molar-refractivity contribution is -0.189. The van der Waals surface area contributed by atoms with Gasteiger partial charge in [-0.25, -0.2) is 9.37 Å². The Hall–Kier alpha value is -3.87. The van der Waals surface area contributed by atoms with Crippen LogP contribution in [-0.4, -0.2) is 47.9 Å². The van der Waals surface area contributed by atoms with Crippen LogP contribution in [0.15, 0.2) is 35.7 Å². The summed E-state index contributed by atoms with van der Waals surface area (Å²) in [5.41, 5.74) is 4.23.